The second-order valence-corrected chi connectivity index (χ2v) is 3.58. The van der Waals surface area contributed by atoms with Crippen molar-refractivity contribution in [3.05, 3.63) is 35.5 Å². The summed E-state index contributed by atoms with van der Waals surface area (Å²) in [5.74, 6) is -4.02. The number of likely N-dealkylation sites (N-methyl/N-ethyl adjacent to an activating group) is 1. The van der Waals surface area contributed by atoms with E-state index in [9.17, 15) is 13.2 Å². The van der Waals surface area contributed by atoms with Crippen molar-refractivity contribution in [2.75, 3.05) is 13.6 Å². The number of rotatable bonds is 4. The molecule has 96 valence electrons. The number of hydrogen-bond donors (Lipinski definition) is 1. The van der Waals surface area contributed by atoms with Gasteiger partial charge in [0.25, 0.3) is 5.89 Å². The van der Waals surface area contributed by atoms with Gasteiger partial charge in [-0.3, -0.25) is 0 Å². The molecule has 7 heteroatoms. The highest BCUT2D eigenvalue weighted by atomic mass is 19.2. The third-order valence-corrected chi connectivity index (χ3v) is 2.32. The molecule has 2 rings (SSSR count). The van der Waals surface area contributed by atoms with E-state index in [-0.39, 0.29) is 11.5 Å². The summed E-state index contributed by atoms with van der Waals surface area (Å²) in [5.41, 5.74) is -0.253. The van der Waals surface area contributed by atoms with Gasteiger partial charge in [0.1, 0.15) is 0 Å². The first-order valence-corrected chi connectivity index (χ1v) is 5.24. The second-order valence-electron chi connectivity index (χ2n) is 3.58. The molecule has 1 heterocycles. The Morgan fingerprint density at radius 1 is 1.17 bits per heavy atom. The number of aromatic nitrogens is 2. The Balaban J connectivity index is 2.31. The van der Waals surface area contributed by atoms with E-state index in [0.717, 1.165) is 12.1 Å². The zero-order valence-electron chi connectivity index (χ0n) is 9.51. The van der Waals surface area contributed by atoms with Crippen LogP contribution in [0.4, 0.5) is 13.2 Å². The Morgan fingerprint density at radius 2 is 1.94 bits per heavy atom. The molecule has 18 heavy (non-hydrogen) atoms. The quantitative estimate of drug-likeness (QED) is 0.850. The Morgan fingerprint density at radius 3 is 2.67 bits per heavy atom. The largest absolute Gasteiger partial charge is 0.421 e. The van der Waals surface area contributed by atoms with Crippen molar-refractivity contribution >= 4 is 0 Å². The normalized spacial score (nSPS) is 10.9. The fraction of sp³-hybridized carbons (Fsp3) is 0.273. The van der Waals surface area contributed by atoms with Gasteiger partial charge in [-0.15, -0.1) is 10.2 Å². The number of halogens is 3. The van der Waals surface area contributed by atoms with E-state index in [4.69, 9.17) is 4.42 Å². The van der Waals surface area contributed by atoms with Gasteiger partial charge in [-0.25, -0.2) is 13.2 Å². The van der Waals surface area contributed by atoms with Crippen LogP contribution in [0.25, 0.3) is 11.5 Å². The van der Waals surface area contributed by atoms with Crippen molar-refractivity contribution < 1.29 is 17.6 Å². The van der Waals surface area contributed by atoms with Crippen molar-refractivity contribution in [2.24, 2.45) is 0 Å². The van der Waals surface area contributed by atoms with Crippen molar-refractivity contribution in [1.29, 1.82) is 0 Å². The predicted octanol–water partition coefficient (Wildman–Crippen LogP) is 1.92. The molecule has 0 saturated heterocycles. The lowest BCUT2D eigenvalue weighted by molar-refractivity contribution is 0.443. The molecule has 0 bridgehead atoms. The maximum Gasteiger partial charge on any atom is 0.250 e. The van der Waals surface area contributed by atoms with E-state index in [1.807, 2.05) is 0 Å². The van der Waals surface area contributed by atoms with Crippen LogP contribution in [-0.2, 0) is 6.42 Å². The lowest BCUT2D eigenvalue weighted by Crippen LogP contribution is -2.10. The molecule has 4 nitrogen and oxygen atoms in total. The van der Waals surface area contributed by atoms with Crippen molar-refractivity contribution in [3.63, 3.8) is 0 Å². The molecule has 2 aromatic rings. The first-order chi connectivity index (χ1) is 8.63. The monoisotopic (exact) mass is 257 g/mol. The number of nitrogens with zero attached hydrogens (tertiary/aromatic N) is 2. The lowest BCUT2D eigenvalue weighted by Gasteiger charge is -1.99. The molecule has 0 atom stereocenters. The van der Waals surface area contributed by atoms with Gasteiger partial charge in [-0.05, 0) is 19.2 Å². The predicted molar refractivity (Wildman–Crippen MR) is 57.2 cm³/mol. The Kier molecular flexibility index (Phi) is 3.61. The second kappa shape index (κ2) is 5.18. The highest BCUT2D eigenvalue weighted by Crippen LogP contribution is 2.24. The number of hydrogen-bond acceptors (Lipinski definition) is 4. The van der Waals surface area contributed by atoms with Gasteiger partial charge >= 0.3 is 0 Å². The number of nitrogens with one attached hydrogen (secondary N) is 1. The molecule has 0 aliphatic heterocycles. The third-order valence-electron chi connectivity index (χ3n) is 2.32. The molecule has 0 amide bonds. The molecule has 1 aromatic heterocycles. The minimum atomic E-state index is -1.55. The Hall–Kier alpha value is -1.89. The number of benzene rings is 1. The molecule has 0 radical (unpaired) electrons. The van der Waals surface area contributed by atoms with E-state index in [1.54, 1.807) is 7.05 Å². The maximum atomic E-state index is 13.5. The molecule has 1 N–H and O–H groups in total. The van der Waals surface area contributed by atoms with Crippen LogP contribution in [0.1, 0.15) is 5.89 Å². The summed E-state index contributed by atoms with van der Waals surface area (Å²) >= 11 is 0. The van der Waals surface area contributed by atoms with Gasteiger partial charge in [-0.2, -0.15) is 0 Å². The maximum absolute atomic E-state index is 13.5. The van der Waals surface area contributed by atoms with Gasteiger partial charge < -0.3 is 9.73 Å². The van der Waals surface area contributed by atoms with Gasteiger partial charge in [0, 0.05) is 13.0 Å². The lowest BCUT2D eigenvalue weighted by atomic mass is 10.2. The van der Waals surface area contributed by atoms with Gasteiger partial charge in [0.05, 0.1) is 5.56 Å². The van der Waals surface area contributed by atoms with E-state index < -0.39 is 17.5 Å². The Labute approximate surface area is 101 Å². The summed E-state index contributed by atoms with van der Waals surface area (Å²) in [4.78, 5) is 0. The molecular weight excluding hydrogens is 247 g/mol. The minimum absolute atomic E-state index is 0.169. The first-order valence-electron chi connectivity index (χ1n) is 5.24. The summed E-state index contributed by atoms with van der Waals surface area (Å²) in [5, 5.41) is 10.2. The highest BCUT2D eigenvalue weighted by molar-refractivity contribution is 5.53. The van der Waals surface area contributed by atoms with Crippen LogP contribution in [0.15, 0.2) is 16.5 Å². The average Bonchev–Trinajstić information content (AvgIpc) is 2.82. The third kappa shape index (κ3) is 2.35. The summed E-state index contributed by atoms with van der Waals surface area (Å²) in [6.07, 6.45) is 0.467. The first kappa shape index (κ1) is 12.6. The summed E-state index contributed by atoms with van der Waals surface area (Å²) in [6, 6.07) is 1.87. The van der Waals surface area contributed by atoms with E-state index in [2.05, 4.69) is 15.5 Å². The fourth-order valence-corrected chi connectivity index (χ4v) is 1.39. The molecule has 1 aromatic carbocycles. The van der Waals surface area contributed by atoms with Crippen LogP contribution in [0.5, 0.6) is 0 Å². The van der Waals surface area contributed by atoms with E-state index >= 15 is 0 Å². The SMILES string of the molecule is CNCCc1nnc(-c2ccc(F)c(F)c2F)o1. The molecule has 0 spiro atoms. The van der Waals surface area contributed by atoms with Gasteiger partial charge in [0.15, 0.2) is 17.5 Å². The van der Waals surface area contributed by atoms with Crippen molar-refractivity contribution in [2.45, 2.75) is 6.42 Å². The zero-order chi connectivity index (χ0) is 13.1. The van der Waals surface area contributed by atoms with E-state index in [0.29, 0.717) is 18.9 Å². The molecular formula is C11H10F3N3O. The standard InChI is InChI=1S/C11H10F3N3O/c1-15-5-4-8-16-17-11(18-8)6-2-3-7(12)10(14)9(6)13/h2-3,15H,4-5H2,1H3. The minimum Gasteiger partial charge on any atom is -0.421 e. The topological polar surface area (TPSA) is 51.0 Å². The van der Waals surface area contributed by atoms with Crippen molar-refractivity contribution in [3.8, 4) is 11.5 Å². The average molecular weight is 257 g/mol. The smallest absolute Gasteiger partial charge is 0.250 e. The molecule has 0 aliphatic rings. The van der Waals surface area contributed by atoms with Gasteiger partial charge in [-0.1, -0.05) is 0 Å². The van der Waals surface area contributed by atoms with E-state index in [1.165, 1.54) is 0 Å². The van der Waals surface area contributed by atoms with Crippen LogP contribution < -0.4 is 5.32 Å². The van der Waals surface area contributed by atoms with Crippen LogP contribution >= 0.6 is 0 Å². The summed E-state index contributed by atoms with van der Waals surface area (Å²) in [7, 11) is 1.76. The van der Waals surface area contributed by atoms with Crippen molar-refractivity contribution in [1.82, 2.24) is 15.5 Å². The molecule has 0 saturated carbocycles. The van der Waals surface area contributed by atoms with Crippen LogP contribution in [0.3, 0.4) is 0 Å². The molecule has 0 aliphatic carbocycles. The van der Waals surface area contributed by atoms with Crippen LogP contribution in [0, 0.1) is 17.5 Å². The summed E-state index contributed by atoms with van der Waals surface area (Å²) < 4.78 is 44.4. The summed E-state index contributed by atoms with van der Waals surface area (Å²) in [6.45, 7) is 0.613. The Bertz CT molecular complexity index is 556. The van der Waals surface area contributed by atoms with Gasteiger partial charge in [0.2, 0.25) is 5.89 Å². The highest BCUT2D eigenvalue weighted by Gasteiger charge is 2.18. The molecule has 0 fully saturated rings. The van der Waals surface area contributed by atoms with Crippen LogP contribution in [0.2, 0.25) is 0 Å². The zero-order valence-corrected chi connectivity index (χ0v) is 9.51. The van der Waals surface area contributed by atoms with Crippen LogP contribution in [-0.4, -0.2) is 23.8 Å². The fourth-order valence-electron chi connectivity index (χ4n) is 1.39. The molecule has 0 unspecified atom stereocenters.